The molecule has 0 bridgehead atoms. The predicted molar refractivity (Wildman–Crippen MR) is 87.2 cm³/mol. The molecule has 23 heavy (non-hydrogen) atoms. The van der Waals surface area contributed by atoms with E-state index in [1.54, 1.807) is 12.1 Å². The second-order valence-corrected chi connectivity index (χ2v) is 6.03. The highest BCUT2D eigenvalue weighted by Crippen LogP contribution is 2.41. The van der Waals surface area contributed by atoms with E-state index in [0.29, 0.717) is 0 Å². The third kappa shape index (κ3) is 3.26. The van der Waals surface area contributed by atoms with Crippen molar-refractivity contribution in [3.63, 3.8) is 0 Å². The average molecular weight is 309 g/mol. The Morgan fingerprint density at radius 1 is 1.00 bits per heavy atom. The maximum Gasteiger partial charge on any atom is 0.335 e. The summed E-state index contributed by atoms with van der Waals surface area (Å²) in [5, 5.41) is 12.1. The molecule has 0 aromatic heterocycles. The molecular formula is C19H19NO3. The zero-order chi connectivity index (χ0) is 16.3. The van der Waals surface area contributed by atoms with Crippen molar-refractivity contribution in [1.29, 1.82) is 0 Å². The summed E-state index contributed by atoms with van der Waals surface area (Å²) < 4.78 is 0. The van der Waals surface area contributed by atoms with Crippen molar-refractivity contribution in [3.05, 3.63) is 71.3 Å². The number of aromatic carboxylic acids is 1. The maximum atomic E-state index is 12.4. The van der Waals surface area contributed by atoms with Crippen LogP contribution in [0.3, 0.4) is 0 Å². The van der Waals surface area contributed by atoms with Crippen LogP contribution < -0.4 is 5.32 Å². The second-order valence-electron chi connectivity index (χ2n) is 6.03. The van der Waals surface area contributed by atoms with Gasteiger partial charge in [0.2, 0.25) is 5.91 Å². The van der Waals surface area contributed by atoms with E-state index in [4.69, 9.17) is 5.11 Å². The molecule has 1 aliphatic carbocycles. The number of nitrogens with one attached hydrogen (secondary N) is 1. The van der Waals surface area contributed by atoms with Crippen molar-refractivity contribution in [2.24, 2.45) is 0 Å². The van der Waals surface area contributed by atoms with Crippen molar-refractivity contribution in [2.75, 3.05) is 0 Å². The minimum atomic E-state index is -0.960. The molecule has 0 spiro atoms. The van der Waals surface area contributed by atoms with Crippen molar-refractivity contribution >= 4 is 11.9 Å². The fraction of sp³-hybridized carbons (Fsp3) is 0.263. The van der Waals surface area contributed by atoms with Crippen molar-refractivity contribution in [2.45, 2.75) is 31.2 Å². The summed E-state index contributed by atoms with van der Waals surface area (Å²) in [6, 6.07) is 16.5. The highest BCUT2D eigenvalue weighted by atomic mass is 16.4. The summed E-state index contributed by atoms with van der Waals surface area (Å²) in [6.45, 7) is 0. The van der Waals surface area contributed by atoms with Gasteiger partial charge in [-0.1, -0.05) is 42.5 Å². The molecule has 0 saturated heterocycles. The van der Waals surface area contributed by atoms with E-state index in [2.05, 4.69) is 17.4 Å². The van der Waals surface area contributed by atoms with Gasteiger partial charge in [0, 0.05) is 0 Å². The highest BCUT2D eigenvalue weighted by Gasteiger charge is 2.39. The predicted octanol–water partition coefficient (Wildman–Crippen LogP) is 3.12. The number of carbonyl (C=O) groups is 2. The van der Waals surface area contributed by atoms with Gasteiger partial charge < -0.3 is 10.4 Å². The Kier molecular flexibility index (Phi) is 4.15. The monoisotopic (exact) mass is 309 g/mol. The zero-order valence-electron chi connectivity index (χ0n) is 12.8. The Labute approximate surface area is 135 Å². The van der Waals surface area contributed by atoms with Crippen LogP contribution in [0.2, 0.25) is 0 Å². The molecule has 0 atom stereocenters. The smallest absolute Gasteiger partial charge is 0.335 e. The number of carboxylic acid groups (broad SMARTS) is 1. The summed E-state index contributed by atoms with van der Waals surface area (Å²) >= 11 is 0. The van der Waals surface area contributed by atoms with Gasteiger partial charge >= 0.3 is 5.97 Å². The molecule has 2 aromatic rings. The molecular weight excluding hydrogens is 290 g/mol. The second kappa shape index (κ2) is 6.24. The van der Waals surface area contributed by atoms with Gasteiger partial charge in [0.15, 0.2) is 0 Å². The molecule has 0 heterocycles. The Morgan fingerprint density at radius 3 is 2.17 bits per heavy atom. The topological polar surface area (TPSA) is 66.4 Å². The molecule has 2 N–H and O–H groups in total. The van der Waals surface area contributed by atoms with E-state index in [-0.39, 0.29) is 23.4 Å². The van der Waals surface area contributed by atoms with Gasteiger partial charge in [-0.05, 0) is 42.5 Å². The van der Waals surface area contributed by atoms with E-state index < -0.39 is 5.97 Å². The molecule has 1 fully saturated rings. The first kappa shape index (κ1) is 15.3. The van der Waals surface area contributed by atoms with Crippen molar-refractivity contribution in [1.82, 2.24) is 5.32 Å². The Morgan fingerprint density at radius 2 is 1.65 bits per heavy atom. The standard InChI is InChI=1S/C19H19NO3/c21-17(13-14-7-9-15(10-8-14)18(22)23)20-19(11-4-12-19)16-5-2-1-3-6-16/h1-3,5-10H,4,11-13H2,(H,20,21)(H,22,23). The van der Waals surface area contributed by atoms with E-state index in [0.717, 1.165) is 30.4 Å². The van der Waals surface area contributed by atoms with Gasteiger partial charge in [0.25, 0.3) is 0 Å². The van der Waals surface area contributed by atoms with Crippen LogP contribution >= 0.6 is 0 Å². The normalized spacial score (nSPS) is 15.5. The van der Waals surface area contributed by atoms with Crippen molar-refractivity contribution in [3.8, 4) is 0 Å². The number of hydrogen-bond acceptors (Lipinski definition) is 2. The van der Waals surface area contributed by atoms with Gasteiger partial charge in [-0.25, -0.2) is 4.79 Å². The van der Waals surface area contributed by atoms with Crippen LogP contribution in [0.5, 0.6) is 0 Å². The Bertz CT molecular complexity index is 703. The minimum absolute atomic E-state index is 0.0309. The first-order valence-corrected chi connectivity index (χ1v) is 7.78. The van der Waals surface area contributed by atoms with E-state index >= 15 is 0 Å². The molecule has 0 radical (unpaired) electrons. The lowest BCUT2D eigenvalue weighted by atomic mass is 9.71. The van der Waals surface area contributed by atoms with Crippen LogP contribution in [0.25, 0.3) is 0 Å². The fourth-order valence-corrected chi connectivity index (χ4v) is 3.04. The summed E-state index contributed by atoms with van der Waals surface area (Å²) in [4.78, 5) is 23.2. The van der Waals surface area contributed by atoms with Crippen LogP contribution in [-0.4, -0.2) is 17.0 Å². The number of amides is 1. The lowest BCUT2D eigenvalue weighted by Crippen LogP contribution is -2.51. The van der Waals surface area contributed by atoms with Gasteiger partial charge in [-0.2, -0.15) is 0 Å². The van der Waals surface area contributed by atoms with Crippen molar-refractivity contribution < 1.29 is 14.7 Å². The quantitative estimate of drug-likeness (QED) is 0.892. The van der Waals surface area contributed by atoms with E-state index in [1.807, 2.05) is 18.2 Å². The summed E-state index contributed by atoms with van der Waals surface area (Å²) in [5.74, 6) is -0.991. The first-order valence-electron chi connectivity index (χ1n) is 7.78. The SMILES string of the molecule is O=C(Cc1ccc(C(=O)O)cc1)NC1(c2ccccc2)CCC1. The van der Waals surface area contributed by atoms with E-state index in [9.17, 15) is 9.59 Å². The molecule has 2 aromatic carbocycles. The summed E-state index contributed by atoms with van der Waals surface area (Å²) in [7, 11) is 0. The number of benzene rings is 2. The molecule has 3 rings (SSSR count). The first-order chi connectivity index (χ1) is 11.1. The van der Waals surface area contributed by atoms with Crippen LogP contribution in [0.4, 0.5) is 0 Å². The molecule has 1 aliphatic rings. The molecule has 4 nitrogen and oxygen atoms in total. The zero-order valence-corrected chi connectivity index (χ0v) is 12.8. The van der Waals surface area contributed by atoms with Crippen LogP contribution in [0, 0.1) is 0 Å². The minimum Gasteiger partial charge on any atom is -0.478 e. The van der Waals surface area contributed by atoms with Gasteiger partial charge in [0.1, 0.15) is 0 Å². The van der Waals surface area contributed by atoms with Gasteiger partial charge in [-0.15, -0.1) is 0 Å². The number of rotatable bonds is 5. The maximum absolute atomic E-state index is 12.4. The summed E-state index contributed by atoms with van der Waals surface area (Å²) in [6.07, 6.45) is 3.29. The fourth-order valence-electron chi connectivity index (χ4n) is 3.04. The molecule has 1 saturated carbocycles. The molecule has 4 heteroatoms. The number of hydrogen-bond donors (Lipinski definition) is 2. The summed E-state index contributed by atoms with van der Waals surface area (Å²) in [5.41, 5.74) is 1.96. The largest absolute Gasteiger partial charge is 0.478 e. The van der Waals surface area contributed by atoms with Crippen LogP contribution in [-0.2, 0) is 16.8 Å². The highest BCUT2D eigenvalue weighted by molar-refractivity contribution is 5.87. The molecule has 118 valence electrons. The number of carboxylic acids is 1. The van der Waals surface area contributed by atoms with Crippen LogP contribution in [0.15, 0.2) is 54.6 Å². The third-order valence-corrected chi connectivity index (χ3v) is 4.48. The van der Waals surface area contributed by atoms with Gasteiger partial charge in [0.05, 0.1) is 17.5 Å². The Balaban J connectivity index is 1.68. The third-order valence-electron chi connectivity index (χ3n) is 4.48. The van der Waals surface area contributed by atoms with E-state index in [1.165, 1.54) is 12.1 Å². The lowest BCUT2D eigenvalue weighted by Gasteiger charge is -2.43. The Hall–Kier alpha value is -2.62. The van der Waals surface area contributed by atoms with Crippen LogP contribution in [0.1, 0.15) is 40.7 Å². The molecule has 0 unspecified atom stereocenters. The molecule has 1 amide bonds. The lowest BCUT2D eigenvalue weighted by molar-refractivity contribution is -0.123. The average Bonchev–Trinajstić information content (AvgIpc) is 2.52. The number of carbonyl (C=O) groups excluding carboxylic acids is 1. The molecule has 0 aliphatic heterocycles. The van der Waals surface area contributed by atoms with Gasteiger partial charge in [-0.3, -0.25) is 4.79 Å².